The summed E-state index contributed by atoms with van der Waals surface area (Å²) in [4.78, 5) is 0. The Morgan fingerprint density at radius 2 is 1.54 bits per heavy atom. The number of rotatable bonds is 6. The Kier molecular flexibility index (Phi) is 5.00. The van der Waals surface area contributed by atoms with E-state index in [-0.39, 0.29) is 5.54 Å². The van der Waals surface area contributed by atoms with Crippen molar-refractivity contribution in [1.29, 1.82) is 0 Å². The average molecular weight is 375 g/mol. The summed E-state index contributed by atoms with van der Waals surface area (Å²) in [6.45, 7) is 0.814. The Hall–Kier alpha value is -1.49. The van der Waals surface area contributed by atoms with Crippen LogP contribution in [0.3, 0.4) is 0 Å². The second-order valence-corrected chi connectivity index (χ2v) is 8.96. The Labute approximate surface area is 162 Å². The van der Waals surface area contributed by atoms with Gasteiger partial charge in [0.15, 0.2) is 5.11 Å². The number of ether oxygens (including phenoxy) is 2. The van der Waals surface area contributed by atoms with Gasteiger partial charge >= 0.3 is 0 Å². The molecule has 4 fully saturated rings. The molecule has 1 aromatic rings. The lowest BCUT2D eigenvalue weighted by Crippen LogP contribution is -2.61. The molecule has 0 atom stereocenters. The van der Waals surface area contributed by atoms with E-state index in [1.807, 2.05) is 6.07 Å². The first kappa shape index (κ1) is 17.9. The number of hydrogen-bond donors (Lipinski definition) is 2. The largest absolute Gasteiger partial charge is 0.497 e. The number of benzene rings is 1. The summed E-state index contributed by atoms with van der Waals surface area (Å²) in [7, 11) is 3.36. The van der Waals surface area contributed by atoms with E-state index in [0.717, 1.165) is 47.3 Å². The third kappa shape index (κ3) is 3.78. The molecule has 4 aliphatic carbocycles. The maximum atomic E-state index is 5.63. The topological polar surface area (TPSA) is 42.5 Å². The first-order valence-corrected chi connectivity index (χ1v) is 10.3. The van der Waals surface area contributed by atoms with Gasteiger partial charge in [0.1, 0.15) is 11.5 Å². The normalized spacial score (nSPS) is 31.5. The van der Waals surface area contributed by atoms with Crippen LogP contribution in [0.2, 0.25) is 0 Å². The highest BCUT2D eigenvalue weighted by Gasteiger charge is 2.51. The molecule has 0 amide bonds. The predicted molar refractivity (Wildman–Crippen MR) is 108 cm³/mol. The van der Waals surface area contributed by atoms with E-state index in [1.54, 1.807) is 14.2 Å². The monoisotopic (exact) mass is 374 g/mol. The SMILES string of the molecule is COc1cc(CCNC(=S)NC23CC4CC(CC(C4)C2)C3)cc(OC)c1. The summed E-state index contributed by atoms with van der Waals surface area (Å²) >= 11 is 5.63. The highest BCUT2D eigenvalue weighted by atomic mass is 32.1. The van der Waals surface area contributed by atoms with Crippen molar-refractivity contribution < 1.29 is 9.47 Å². The van der Waals surface area contributed by atoms with Gasteiger partial charge in [-0.3, -0.25) is 0 Å². The van der Waals surface area contributed by atoms with Gasteiger partial charge < -0.3 is 20.1 Å². The molecule has 1 aromatic carbocycles. The van der Waals surface area contributed by atoms with Crippen molar-refractivity contribution in [3.63, 3.8) is 0 Å². The van der Waals surface area contributed by atoms with Crippen LogP contribution < -0.4 is 20.1 Å². The first-order valence-electron chi connectivity index (χ1n) is 9.85. The van der Waals surface area contributed by atoms with Gasteiger partial charge in [-0.2, -0.15) is 0 Å². The van der Waals surface area contributed by atoms with Crippen molar-refractivity contribution in [2.24, 2.45) is 17.8 Å². The summed E-state index contributed by atoms with van der Waals surface area (Å²) in [5.41, 5.74) is 1.46. The van der Waals surface area contributed by atoms with Crippen molar-refractivity contribution in [3.8, 4) is 11.5 Å². The molecule has 0 aromatic heterocycles. The zero-order chi connectivity index (χ0) is 18.1. The van der Waals surface area contributed by atoms with Crippen LogP contribution in [-0.4, -0.2) is 31.4 Å². The van der Waals surface area contributed by atoms with E-state index >= 15 is 0 Å². The molecule has 0 unspecified atom stereocenters. The standard InChI is InChI=1S/C21H30N2O2S/c1-24-18-8-14(9-19(10-18)25-2)3-4-22-20(26)23-21-11-15-5-16(12-21)7-17(6-15)13-21/h8-10,15-17H,3-7,11-13H2,1-2H3,(H2,22,23,26). The molecule has 0 spiro atoms. The van der Waals surface area contributed by atoms with Crippen LogP contribution in [0.15, 0.2) is 18.2 Å². The van der Waals surface area contributed by atoms with Gasteiger partial charge in [-0.25, -0.2) is 0 Å². The van der Waals surface area contributed by atoms with Crippen LogP contribution in [0.25, 0.3) is 0 Å². The Balaban J connectivity index is 1.30. The second kappa shape index (κ2) is 7.26. The van der Waals surface area contributed by atoms with Crippen LogP contribution in [-0.2, 0) is 6.42 Å². The lowest BCUT2D eigenvalue weighted by atomic mass is 9.53. The van der Waals surface area contributed by atoms with Crippen molar-refractivity contribution in [2.45, 2.75) is 50.5 Å². The lowest BCUT2D eigenvalue weighted by Gasteiger charge is -2.57. The second-order valence-electron chi connectivity index (χ2n) is 8.55. The van der Waals surface area contributed by atoms with Crippen LogP contribution in [0.5, 0.6) is 11.5 Å². The predicted octanol–water partition coefficient (Wildman–Crippen LogP) is 3.68. The summed E-state index contributed by atoms with van der Waals surface area (Å²) in [6, 6.07) is 6.01. The number of thiocarbonyl (C=S) groups is 1. The van der Waals surface area contributed by atoms with E-state index in [9.17, 15) is 0 Å². The Morgan fingerprint density at radius 1 is 1.00 bits per heavy atom. The fraction of sp³-hybridized carbons (Fsp3) is 0.667. The summed E-state index contributed by atoms with van der Waals surface area (Å²) in [5.74, 6) is 4.45. The van der Waals surface area contributed by atoms with E-state index < -0.39 is 0 Å². The van der Waals surface area contributed by atoms with E-state index in [4.69, 9.17) is 21.7 Å². The summed E-state index contributed by atoms with van der Waals surface area (Å²) < 4.78 is 10.7. The molecular weight excluding hydrogens is 344 g/mol. The highest BCUT2D eigenvalue weighted by Crippen LogP contribution is 2.55. The Bertz CT molecular complexity index is 618. The molecule has 142 valence electrons. The van der Waals surface area contributed by atoms with E-state index in [1.165, 1.54) is 44.1 Å². The molecule has 5 rings (SSSR count). The number of hydrogen-bond acceptors (Lipinski definition) is 3. The molecule has 0 radical (unpaired) electrons. The van der Waals surface area contributed by atoms with Gasteiger partial charge in [-0.05, 0) is 92.6 Å². The van der Waals surface area contributed by atoms with Crippen molar-refractivity contribution >= 4 is 17.3 Å². The fourth-order valence-corrected chi connectivity index (χ4v) is 6.20. The van der Waals surface area contributed by atoms with Crippen LogP contribution in [0.4, 0.5) is 0 Å². The van der Waals surface area contributed by atoms with E-state index in [2.05, 4.69) is 22.8 Å². The maximum absolute atomic E-state index is 5.63. The molecule has 0 heterocycles. The molecule has 4 nitrogen and oxygen atoms in total. The third-order valence-corrected chi connectivity index (χ3v) is 6.77. The lowest BCUT2D eigenvalue weighted by molar-refractivity contribution is -0.0101. The molecule has 5 heteroatoms. The molecule has 4 aliphatic rings. The molecule has 2 N–H and O–H groups in total. The molecule has 4 saturated carbocycles. The minimum atomic E-state index is 0.276. The highest BCUT2D eigenvalue weighted by molar-refractivity contribution is 7.80. The first-order chi connectivity index (χ1) is 12.6. The molecule has 0 saturated heterocycles. The van der Waals surface area contributed by atoms with Crippen LogP contribution >= 0.6 is 12.2 Å². The molecule has 0 aliphatic heterocycles. The van der Waals surface area contributed by atoms with Crippen molar-refractivity contribution in [1.82, 2.24) is 10.6 Å². The van der Waals surface area contributed by atoms with Gasteiger partial charge in [0, 0.05) is 18.2 Å². The summed E-state index contributed by atoms with van der Waals surface area (Å²) in [5, 5.41) is 7.97. The zero-order valence-corrected chi connectivity index (χ0v) is 16.7. The molecular formula is C21H30N2O2S. The zero-order valence-electron chi connectivity index (χ0n) is 15.8. The number of methoxy groups -OCH3 is 2. The molecule has 4 bridgehead atoms. The maximum Gasteiger partial charge on any atom is 0.166 e. The van der Waals surface area contributed by atoms with E-state index in [0.29, 0.717) is 0 Å². The van der Waals surface area contributed by atoms with Crippen LogP contribution in [0, 0.1) is 17.8 Å². The number of nitrogens with one attached hydrogen (secondary N) is 2. The quantitative estimate of drug-likeness (QED) is 0.744. The van der Waals surface area contributed by atoms with Gasteiger partial charge in [-0.1, -0.05) is 0 Å². The minimum Gasteiger partial charge on any atom is -0.497 e. The molecule has 26 heavy (non-hydrogen) atoms. The van der Waals surface area contributed by atoms with Gasteiger partial charge in [0.05, 0.1) is 14.2 Å². The average Bonchev–Trinajstić information content (AvgIpc) is 2.59. The third-order valence-electron chi connectivity index (χ3n) is 6.53. The van der Waals surface area contributed by atoms with Gasteiger partial charge in [0.25, 0.3) is 0 Å². The van der Waals surface area contributed by atoms with Crippen molar-refractivity contribution in [3.05, 3.63) is 23.8 Å². The van der Waals surface area contributed by atoms with Gasteiger partial charge in [-0.15, -0.1) is 0 Å². The van der Waals surface area contributed by atoms with Gasteiger partial charge in [0.2, 0.25) is 0 Å². The fourth-order valence-electron chi connectivity index (χ4n) is 5.88. The van der Waals surface area contributed by atoms with Crippen LogP contribution in [0.1, 0.15) is 44.1 Å². The Morgan fingerprint density at radius 3 is 2.04 bits per heavy atom. The summed E-state index contributed by atoms with van der Waals surface area (Å²) in [6.07, 6.45) is 9.20. The minimum absolute atomic E-state index is 0.276. The smallest absolute Gasteiger partial charge is 0.166 e. The van der Waals surface area contributed by atoms with Crippen molar-refractivity contribution in [2.75, 3.05) is 20.8 Å².